The van der Waals surface area contributed by atoms with Gasteiger partial charge in [0.1, 0.15) is 42.3 Å². The molecule has 0 radical (unpaired) electrons. The van der Waals surface area contributed by atoms with Gasteiger partial charge in [-0.05, 0) is 14.0 Å². The largest absolute Gasteiger partial charge is 0.506 e. The van der Waals surface area contributed by atoms with Crippen LogP contribution in [-0.2, 0) is 42.5 Å². The Morgan fingerprint density at radius 2 is 1.80 bits per heavy atom. The first-order chi connectivity index (χ1) is 20.5. The number of nitrogens with one attached hydrogen (secondary N) is 1. The lowest BCUT2D eigenvalue weighted by Crippen LogP contribution is -2.70. The zero-order valence-electron chi connectivity index (χ0n) is 23.0. The van der Waals surface area contributed by atoms with Gasteiger partial charge in [-0.15, -0.1) is 0 Å². The average molecular weight is 659 g/mol. The minimum absolute atomic E-state index is 0.0149. The Bertz CT molecular complexity index is 1310. The summed E-state index contributed by atoms with van der Waals surface area (Å²) in [6.45, 7) is 0.363. The molecular weight excluding hydrogens is 624 g/mol. The molecule has 3 aliphatic heterocycles. The Kier molecular flexibility index (Phi) is 9.31. The van der Waals surface area contributed by atoms with Gasteiger partial charge < -0.3 is 77.2 Å². The minimum atomic E-state index is -5.33. The molecule has 3 fully saturated rings. The number of rotatable bonds is 9. The molecule has 0 aromatic rings. The maximum absolute atomic E-state index is 12.7. The normalized spacial score (nSPS) is 47.1. The topological polar surface area (TPSA) is 363 Å². The van der Waals surface area contributed by atoms with Crippen LogP contribution in [-0.4, -0.2) is 155 Å². The second-order valence-electron chi connectivity index (χ2n) is 10.2. The summed E-state index contributed by atoms with van der Waals surface area (Å²) >= 11 is 0. The number of carbonyl (C=O) groups is 1. The number of aliphatic imine (C=N–C) groups is 2. The van der Waals surface area contributed by atoms with Crippen LogP contribution in [0.15, 0.2) is 21.4 Å². The van der Waals surface area contributed by atoms with Gasteiger partial charge in [-0.25, -0.2) is 18.4 Å². The number of nitrogens with two attached hydrogens (primary N) is 3. The molecule has 44 heavy (non-hydrogen) atoms. The van der Waals surface area contributed by atoms with Crippen molar-refractivity contribution in [3.8, 4) is 0 Å². The smallest absolute Gasteiger partial charge is 0.405 e. The Labute approximate surface area is 248 Å². The molecule has 0 aromatic carbocycles. The fourth-order valence-corrected chi connectivity index (χ4v) is 6.47. The van der Waals surface area contributed by atoms with E-state index in [-0.39, 0.29) is 6.29 Å². The Morgan fingerprint density at radius 1 is 1.14 bits per heavy atom. The van der Waals surface area contributed by atoms with Gasteiger partial charge in [-0.1, -0.05) is 0 Å². The summed E-state index contributed by atoms with van der Waals surface area (Å²) < 4.78 is 57.9. The molecule has 0 bridgehead atoms. The van der Waals surface area contributed by atoms with E-state index in [4.69, 9.17) is 44.5 Å². The highest BCUT2D eigenvalue weighted by molar-refractivity contribution is 7.82. The molecule has 13 atom stereocenters. The molecule has 4 aliphatic rings. The van der Waals surface area contributed by atoms with Gasteiger partial charge in [-0.3, -0.25) is 4.79 Å². The van der Waals surface area contributed by atoms with Gasteiger partial charge in [0, 0.05) is 0 Å². The van der Waals surface area contributed by atoms with Crippen molar-refractivity contribution >= 4 is 29.0 Å². The van der Waals surface area contributed by atoms with E-state index in [1.165, 1.54) is 14.0 Å². The second kappa shape index (κ2) is 12.0. The van der Waals surface area contributed by atoms with E-state index in [2.05, 4.69) is 15.3 Å². The third-order valence-corrected chi connectivity index (χ3v) is 8.52. The number of aliphatic hydroxyl groups is 7. The maximum Gasteiger partial charge on any atom is 0.405 e. The summed E-state index contributed by atoms with van der Waals surface area (Å²) in [4.78, 5) is 19.3. The monoisotopic (exact) mass is 658 g/mol. The highest BCUT2D eigenvalue weighted by Gasteiger charge is 2.79. The summed E-state index contributed by atoms with van der Waals surface area (Å²) in [6.07, 6.45) is -16.6. The zero-order chi connectivity index (χ0) is 33.0. The number of likely N-dealkylation sites (N-methyl/N-ethyl adjacent to an activating group) is 1. The molecule has 14 N–H and O–H groups in total. The molecule has 3 saturated heterocycles. The molecular formula is C21H34N6O16S. The summed E-state index contributed by atoms with van der Waals surface area (Å²) in [6, 6.07) is -1.28. The highest BCUT2D eigenvalue weighted by atomic mass is 32.3. The molecule has 0 spiro atoms. The molecule has 4 rings (SSSR count). The minimum Gasteiger partial charge on any atom is -0.506 e. The van der Waals surface area contributed by atoms with Crippen molar-refractivity contribution in [1.29, 1.82) is 0 Å². The first-order valence-corrected chi connectivity index (χ1v) is 14.1. The van der Waals surface area contributed by atoms with Crippen LogP contribution in [0.5, 0.6) is 0 Å². The second-order valence-corrected chi connectivity index (χ2v) is 11.3. The number of nitrogens with zero attached hydrogens (tertiary/aromatic N) is 2. The van der Waals surface area contributed by atoms with Gasteiger partial charge in [0.25, 0.3) is 11.5 Å². The van der Waals surface area contributed by atoms with Gasteiger partial charge in [0.15, 0.2) is 36.2 Å². The number of fused-ring (bicyclic) bond motifs is 1. The van der Waals surface area contributed by atoms with Crippen molar-refractivity contribution in [2.45, 2.75) is 85.4 Å². The first-order valence-electron chi connectivity index (χ1n) is 12.8. The fraction of sp³-hybridized carbons (Fsp3) is 0.762. The van der Waals surface area contributed by atoms with Crippen molar-refractivity contribution in [2.75, 3.05) is 13.7 Å². The van der Waals surface area contributed by atoms with Gasteiger partial charge in [0.2, 0.25) is 0 Å². The van der Waals surface area contributed by atoms with Crippen molar-refractivity contribution in [1.82, 2.24) is 5.32 Å². The average Bonchev–Trinajstić information content (AvgIpc) is 3.33. The lowest BCUT2D eigenvalue weighted by atomic mass is 9.83. The fourth-order valence-electron chi connectivity index (χ4n) is 5.35. The van der Waals surface area contributed by atoms with Gasteiger partial charge >= 0.3 is 10.4 Å². The number of guanidine groups is 1. The quantitative estimate of drug-likeness (QED) is 0.0622. The van der Waals surface area contributed by atoms with E-state index in [1.54, 1.807) is 0 Å². The van der Waals surface area contributed by atoms with Crippen LogP contribution in [0.4, 0.5) is 0 Å². The van der Waals surface area contributed by atoms with Gasteiger partial charge in [-0.2, -0.15) is 8.42 Å². The number of aliphatic hydroxyl groups excluding tert-OH is 6. The number of ether oxygens (including phenoxy) is 4. The van der Waals surface area contributed by atoms with Crippen LogP contribution < -0.4 is 22.5 Å². The van der Waals surface area contributed by atoms with Crippen LogP contribution in [0.25, 0.3) is 0 Å². The van der Waals surface area contributed by atoms with Crippen LogP contribution in [0.1, 0.15) is 6.92 Å². The number of hydrogen-bond acceptors (Lipinski definition) is 19. The standard InChI is InChI=1S/C21H34N6O16S/c1-6-19(35,4-29)15(40-16-9(25-2)11(31)10(30)7(3-28)39-16)17(38-6)41-21-14(34)12(32)8(26-5-22)13(33)20(21,27-18(23)24)42-44(36,37)43-21/h4-7,9-12,14-17,25,28,30-35H,3H2,1-2H3,(H2,22,26)(H4,23,24,27)/t6-,7-,9-,10-,11-,12-,14+,15-,16-,17-,19+,20-,21+/m0/s1. The Morgan fingerprint density at radius 3 is 2.34 bits per heavy atom. The number of aldehydes is 1. The van der Waals surface area contributed by atoms with Crippen LogP contribution >= 0.6 is 0 Å². The summed E-state index contributed by atoms with van der Waals surface area (Å²) in [7, 11) is -4.00. The Hall–Kier alpha value is -2.62. The molecule has 0 unspecified atom stereocenters. The molecule has 23 heteroatoms. The van der Waals surface area contributed by atoms with E-state index >= 15 is 0 Å². The zero-order valence-corrected chi connectivity index (χ0v) is 23.8. The van der Waals surface area contributed by atoms with Crippen LogP contribution in [0, 0.1) is 0 Å². The molecule has 250 valence electrons. The molecule has 22 nitrogen and oxygen atoms in total. The summed E-state index contributed by atoms with van der Waals surface area (Å²) in [5.41, 5.74) is 9.40. The third-order valence-electron chi connectivity index (χ3n) is 7.62. The predicted octanol–water partition coefficient (Wildman–Crippen LogP) is -7.46. The van der Waals surface area contributed by atoms with Crippen molar-refractivity contribution in [2.24, 2.45) is 27.2 Å². The first kappa shape index (κ1) is 34.3. The molecule has 0 amide bonds. The van der Waals surface area contributed by atoms with Crippen LogP contribution in [0.2, 0.25) is 0 Å². The van der Waals surface area contributed by atoms with E-state index in [1.807, 2.05) is 0 Å². The van der Waals surface area contributed by atoms with Crippen LogP contribution in [0.3, 0.4) is 0 Å². The van der Waals surface area contributed by atoms with Crippen molar-refractivity contribution < 1.29 is 76.3 Å². The molecule has 3 heterocycles. The summed E-state index contributed by atoms with van der Waals surface area (Å²) in [5, 5.41) is 77.6. The summed E-state index contributed by atoms with van der Waals surface area (Å²) in [5.74, 6) is -5.74. The number of carbonyl (C=O) groups excluding carboxylic acids is 1. The number of hydrogen-bond donors (Lipinski definition) is 11. The van der Waals surface area contributed by atoms with Gasteiger partial charge in [0.05, 0.1) is 25.1 Å². The third kappa shape index (κ3) is 5.13. The lowest BCUT2D eigenvalue weighted by Gasteiger charge is -2.47. The van der Waals surface area contributed by atoms with Crippen molar-refractivity contribution in [3.63, 3.8) is 0 Å². The Balaban J connectivity index is 1.86. The van der Waals surface area contributed by atoms with Crippen molar-refractivity contribution in [3.05, 3.63) is 11.5 Å². The van der Waals surface area contributed by atoms with E-state index in [0.29, 0.717) is 6.34 Å². The predicted molar refractivity (Wildman–Crippen MR) is 139 cm³/mol. The van der Waals surface area contributed by atoms with E-state index in [9.17, 15) is 49.0 Å². The SMILES string of the molecule is CN[C@@H]1[C@H](O[C@H]2[C@H](O[C@]34OS(=O)(=O)O[C@@]3(N=C(N)N)C(O)=C(N=CN)[C@H](O)[C@H]4O)O[C@@H](C)[C@]2(O)C=O)O[C@@H](CO)[C@H](O)[C@H]1O. The molecule has 0 saturated carbocycles. The van der Waals surface area contributed by atoms with E-state index in [0.717, 1.165) is 0 Å². The maximum atomic E-state index is 12.7. The molecule has 1 aliphatic carbocycles. The highest BCUT2D eigenvalue weighted by Crippen LogP contribution is 2.55. The lowest BCUT2D eigenvalue weighted by molar-refractivity contribution is -0.368. The molecule has 0 aromatic heterocycles. The van der Waals surface area contributed by atoms with E-state index < -0.39 is 113 Å².